The number of halogens is 1. The molecular weight excluding hydrogens is 397 g/mol. The molecule has 0 saturated carbocycles. The van der Waals surface area contributed by atoms with E-state index in [1.54, 1.807) is 31.2 Å². The molecule has 1 N–H and O–H groups in total. The van der Waals surface area contributed by atoms with Gasteiger partial charge in [0.15, 0.2) is 0 Å². The fourth-order valence-corrected chi connectivity index (χ4v) is 3.36. The van der Waals surface area contributed by atoms with Gasteiger partial charge >= 0.3 is 0 Å². The number of carbonyl (C=O) groups is 1. The molecule has 0 aliphatic carbocycles. The van der Waals surface area contributed by atoms with Gasteiger partial charge in [-0.05, 0) is 31.0 Å². The highest BCUT2D eigenvalue weighted by atomic mass is 19.1. The van der Waals surface area contributed by atoms with Crippen molar-refractivity contribution in [1.29, 1.82) is 0 Å². The van der Waals surface area contributed by atoms with Gasteiger partial charge in [-0.3, -0.25) is 9.59 Å². The first-order valence-corrected chi connectivity index (χ1v) is 10.0. The summed E-state index contributed by atoms with van der Waals surface area (Å²) in [5.74, 6) is -0.349. The van der Waals surface area contributed by atoms with Gasteiger partial charge in [0.05, 0.1) is 5.69 Å². The van der Waals surface area contributed by atoms with Crippen molar-refractivity contribution in [3.63, 3.8) is 0 Å². The average Bonchev–Trinajstić information content (AvgIpc) is 3.23. The third-order valence-electron chi connectivity index (χ3n) is 5.12. The zero-order chi connectivity index (χ0) is 22.0. The van der Waals surface area contributed by atoms with Crippen molar-refractivity contribution in [2.45, 2.75) is 33.4 Å². The van der Waals surface area contributed by atoms with Gasteiger partial charge in [-0.1, -0.05) is 49.4 Å². The molecule has 2 aromatic heterocycles. The van der Waals surface area contributed by atoms with Gasteiger partial charge in [0, 0.05) is 17.7 Å². The standard InChI is InChI=1S/C23H22FN5O2/c1-3-16-8-10-17(11-9-16)20-12-21-23(31)28(26-15(2)29(21)27-20)14-22(30)25-13-18-6-4-5-7-19(18)24/h4-12H,3,13-14H2,1-2H3,(H,25,30). The Morgan fingerprint density at radius 2 is 1.84 bits per heavy atom. The first kappa shape index (κ1) is 20.5. The van der Waals surface area contributed by atoms with Crippen molar-refractivity contribution in [2.75, 3.05) is 0 Å². The third kappa shape index (κ3) is 4.23. The number of fused-ring (bicyclic) bond motifs is 1. The smallest absolute Gasteiger partial charge is 0.293 e. The van der Waals surface area contributed by atoms with E-state index in [2.05, 4.69) is 22.4 Å². The second kappa shape index (κ2) is 8.51. The molecule has 4 rings (SSSR count). The van der Waals surface area contributed by atoms with Gasteiger partial charge in [0.25, 0.3) is 5.56 Å². The molecule has 0 spiro atoms. The lowest BCUT2D eigenvalue weighted by atomic mass is 10.1. The number of hydrogen-bond donors (Lipinski definition) is 1. The number of hydrogen-bond acceptors (Lipinski definition) is 4. The molecule has 0 aliphatic heterocycles. The van der Waals surface area contributed by atoms with E-state index in [0.717, 1.165) is 16.7 Å². The summed E-state index contributed by atoms with van der Waals surface area (Å²) < 4.78 is 16.3. The van der Waals surface area contributed by atoms with Gasteiger partial charge in [0.2, 0.25) is 5.91 Å². The first-order valence-electron chi connectivity index (χ1n) is 10.0. The van der Waals surface area contributed by atoms with Gasteiger partial charge in [0.1, 0.15) is 23.7 Å². The van der Waals surface area contributed by atoms with Crippen molar-refractivity contribution in [3.8, 4) is 11.3 Å². The summed E-state index contributed by atoms with van der Waals surface area (Å²) in [5, 5.41) is 11.3. The molecule has 1 amide bonds. The third-order valence-corrected chi connectivity index (χ3v) is 5.12. The lowest BCUT2D eigenvalue weighted by Gasteiger charge is -2.08. The SMILES string of the molecule is CCc1ccc(-c2cc3c(=O)n(CC(=O)NCc4ccccc4F)nc(C)n3n2)cc1. The molecule has 4 aromatic rings. The molecule has 0 saturated heterocycles. The molecule has 0 aliphatic rings. The number of amides is 1. The maximum atomic E-state index is 13.7. The van der Waals surface area contributed by atoms with Gasteiger partial charge in [-0.25, -0.2) is 13.6 Å². The van der Waals surface area contributed by atoms with Crippen LogP contribution in [0.2, 0.25) is 0 Å². The van der Waals surface area contributed by atoms with Crippen LogP contribution < -0.4 is 10.9 Å². The molecule has 7 nitrogen and oxygen atoms in total. The summed E-state index contributed by atoms with van der Waals surface area (Å²) in [6, 6.07) is 15.9. The molecule has 0 fully saturated rings. The molecule has 158 valence electrons. The van der Waals surface area contributed by atoms with Crippen LogP contribution in [0.1, 0.15) is 23.9 Å². The van der Waals surface area contributed by atoms with Gasteiger partial charge in [-0.2, -0.15) is 10.2 Å². The van der Waals surface area contributed by atoms with E-state index >= 15 is 0 Å². The largest absolute Gasteiger partial charge is 0.350 e. The minimum Gasteiger partial charge on any atom is -0.350 e. The van der Waals surface area contributed by atoms with E-state index in [-0.39, 0.29) is 13.1 Å². The molecule has 0 radical (unpaired) electrons. The summed E-state index contributed by atoms with van der Waals surface area (Å²) >= 11 is 0. The Morgan fingerprint density at radius 1 is 1.10 bits per heavy atom. The van der Waals surface area contributed by atoms with Crippen LogP contribution in [-0.4, -0.2) is 25.3 Å². The highest BCUT2D eigenvalue weighted by molar-refractivity contribution is 5.75. The van der Waals surface area contributed by atoms with Crippen LogP contribution in [0.25, 0.3) is 16.8 Å². The fraction of sp³-hybridized carbons (Fsp3) is 0.217. The zero-order valence-corrected chi connectivity index (χ0v) is 17.3. The fourth-order valence-electron chi connectivity index (χ4n) is 3.36. The van der Waals surface area contributed by atoms with Crippen molar-refractivity contribution < 1.29 is 9.18 Å². The van der Waals surface area contributed by atoms with E-state index in [9.17, 15) is 14.0 Å². The van der Waals surface area contributed by atoms with Crippen molar-refractivity contribution in [2.24, 2.45) is 0 Å². The lowest BCUT2D eigenvalue weighted by molar-refractivity contribution is -0.122. The lowest BCUT2D eigenvalue weighted by Crippen LogP contribution is -2.34. The highest BCUT2D eigenvalue weighted by Gasteiger charge is 2.15. The topological polar surface area (TPSA) is 81.3 Å². The molecule has 8 heteroatoms. The summed E-state index contributed by atoms with van der Waals surface area (Å²) in [4.78, 5) is 25.2. The van der Waals surface area contributed by atoms with Crippen LogP contribution in [0.3, 0.4) is 0 Å². The predicted octanol–water partition coefficient (Wildman–Crippen LogP) is 2.88. The second-order valence-electron chi connectivity index (χ2n) is 7.26. The number of benzene rings is 2. The van der Waals surface area contributed by atoms with Crippen molar-refractivity contribution >= 4 is 11.4 Å². The maximum absolute atomic E-state index is 13.7. The van der Waals surface area contributed by atoms with E-state index in [1.165, 1.54) is 16.1 Å². The van der Waals surface area contributed by atoms with Crippen LogP contribution in [0.5, 0.6) is 0 Å². The first-order chi connectivity index (χ1) is 15.0. The minimum absolute atomic E-state index is 0.0338. The zero-order valence-electron chi connectivity index (χ0n) is 17.3. The highest BCUT2D eigenvalue weighted by Crippen LogP contribution is 2.19. The Balaban J connectivity index is 1.57. The van der Waals surface area contributed by atoms with Crippen LogP contribution in [0.4, 0.5) is 4.39 Å². The van der Waals surface area contributed by atoms with E-state index < -0.39 is 17.3 Å². The Bertz CT molecular complexity index is 1310. The maximum Gasteiger partial charge on any atom is 0.293 e. The Kier molecular flexibility index (Phi) is 5.62. The summed E-state index contributed by atoms with van der Waals surface area (Å²) in [6.07, 6.45) is 0.943. The molecule has 0 atom stereocenters. The molecule has 0 unspecified atom stereocenters. The normalized spacial score (nSPS) is 11.1. The van der Waals surface area contributed by atoms with Gasteiger partial charge < -0.3 is 5.32 Å². The number of nitrogens with one attached hydrogen (secondary N) is 1. The number of nitrogens with zero attached hydrogens (tertiary/aromatic N) is 4. The molecular formula is C23H22FN5O2. The van der Waals surface area contributed by atoms with Crippen LogP contribution in [0.15, 0.2) is 59.4 Å². The summed E-state index contributed by atoms with van der Waals surface area (Å²) in [5.41, 5.74) is 3.06. The monoisotopic (exact) mass is 419 g/mol. The second-order valence-corrected chi connectivity index (χ2v) is 7.26. The van der Waals surface area contributed by atoms with E-state index in [1.807, 2.05) is 24.3 Å². The summed E-state index contributed by atoms with van der Waals surface area (Å²) in [6.45, 7) is 3.57. The van der Waals surface area contributed by atoms with Gasteiger partial charge in [-0.15, -0.1) is 0 Å². The predicted molar refractivity (Wildman–Crippen MR) is 115 cm³/mol. The van der Waals surface area contributed by atoms with E-state index in [0.29, 0.717) is 22.6 Å². The van der Waals surface area contributed by atoms with Crippen LogP contribution >= 0.6 is 0 Å². The number of aromatic nitrogens is 4. The molecule has 2 heterocycles. The van der Waals surface area contributed by atoms with Crippen molar-refractivity contribution in [3.05, 3.63) is 87.7 Å². The molecule has 2 aromatic carbocycles. The van der Waals surface area contributed by atoms with E-state index in [4.69, 9.17) is 0 Å². The van der Waals surface area contributed by atoms with Crippen LogP contribution in [0, 0.1) is 12.7 Å². The molecule has 0 bridgehead atoms. The van der Waals surface area contributed by atoms with Crippen LogP contribution in [-0.2, 0) is 24.3 Å². The Hall–Kier alpha value is -3.81. The average molecular weight is 419 g/mol. The Morgan fingerprint density at radius 3 is 2.55 bits per heavy atom. The van der Waals surface area contributed by atoms with Crippen molar-refractivity contribution in [1.82, 2.24) is 24.7 Å². The minimum atomic E-state index is -0.434. The number of aryl methyl sites for hydroxylation is 2. The summed E-state index contributed by atoms with van der Waals surface area (Å²) in [7, 11) is 0. The Labute approximate surface area is 178 Å². The molecule has 31 heavy (non-hydrogen) atoms. The number of carbonyl (C=O) groups excluding carboxylic acids is 1. The number of rotatable bonds is 6. The quantitative estimate of drug-likeness (QED) is 0.521.